The zero-order valence-corrected chi connectivity index (χ0v) is 15.8. The maximum absolute atomic E-state index is 13.2. The first-order valence-electron chi connectivity index (χ1n) is 8.91. The third-order valence-corrected chi connectivity index (χ3v) is 7.11. The van der Waals surface area contributed by atoms with Crippen molar-refractivity contribution in [2.24, 2.45) is 0 Å². The fourth-order valence-electron chi connectivity index (χ4n) is 3.83. The summed E-state index contributed by atoms with van der Waals surface area (Å²) in [5.41, 5.74) is 1.55. The van der Waals surface area contributed by atoms with E-state index in [2.05, 4.69) is 0 Å². The minimum atomic E-state index is -3.69. The molecule has 3 aromatic rings. The van der Waals surface area contributed by atoms with E-state index in [0.29, 0.717) is 30.3 Å². The molecular formula is C21H21NO4S. The Kier molecular flexibility index (Phi) is 4.32. The van der Waals surface area contributed by atoms with E-state index < -0.39 is 16.1 Å². The Balaban J connectivity index is 1.85. The van der Waals surface area contributed by atoms with Gasteiger partial charge in [0.2, 0.25) is 10.0 Å². The minimum absolute atomic E-state index is 0.0455. The van der Waals surface area contributed by atoms with Crippen LogP contribution in [0.3, 0.4) is 0 Å². The number of hydrogen-bond donors (Lipinski definition) is 2. The molecule has 0 saturated carbocycles. The van der Waals surface area contributed by atoms with Crippen LogP contribution in [0.1, 0.15) is 30.0 Å². The average Bonchev–Trinajstić information content (AvgIpc) is 3.12. The van der Waals surface area contributed by atoms with Crippen LogP contribution in [-0.4, -0.2) is 29.5 Å². The normalized spacial score (nSPS) is 18.2. The van der Waals surface area contributed by atoms with Gasteiger partial charge in [0.25, 0.3) is 0 Å². The Labute approximate surface area is 158 Å². The van der Waals surface area contributed by atoms with Crippen LogP contribution >= 0.6 is 0 Å². The molecule has 0 amide bonds. The van der Waals surface area contributed by atoms with Crippen molar-refractivity contribution in [2.45, 2.75) is 30.7 Å². The molecule has 1 saturated heterocycles. The van der Waals surface area contributed by atoms with E-state index in [9.17, 15) is 18.6 Å². The van der Waals surface area contributed by atoms with E-state index in [1.807, 2.05) is 6.92 Å². The number of hydrogen-bond acceptors (Lipinski definition) is 4. The van der Waals surface area contributed by atoms with Gasteiger partial charge in [-0.2, -0.15) is 4.31 Å². The predicted molar refractivity (Wildman–Crippen MR) is 104 cm³/mol. The van der Waals surface area contributed by atoms with Crippen LogP contribution in [-0.2, 0) is 10.0 Å². The van der Waals surface area contributed by atoms with Crippen molar-refractivity contribution < 1.29 is 18.6 Å². The number of aromatic hydroxyl groups is 2. The number of fused-ring (bicyclic) bond motifs is 1. The number of sulfonamides is 1. The summed E-state index contributed by atoms with van der Waals surface area (Å²) >= 11 is 0. The van der Waals surface area contributed by atoms with Crippen LogP contribution in [0.2, 0.25) is 0 Å². The van der Waals surface area contributed by atoms with E-state index in [1.165, 1.54) is 4.31 Å². The highest BCUT2D eigenvalue weighted by molar-refractivity contribution is 7.89. The highest BCUT2D eigenvalue weighted by Gasteiger charge is 2.38. The molecule has 6 heteroatoms. The van der Waals surface area contributed by atoms with E-state index in [0.717, 1.165) is 10.9 Å². The summed E-state index contributed by atoms with van der Waals surface area (Å²) in [6.45, 7) is 2.31. The van der Waals surface area contributed by atoms with Crippen molar-refractivity contribution in [3.05, 3.63) is 65.7 Å². The molecule has 0 bridgehead atoms. The minimum Gasteiger partial charge on any atom is -0.508 e. The zero-order valence-electron chi connectivity index (χ0n) is 15.0. The average molecular weight is 383 g/mol. The van der Waals surface area contributed by atoms with Crippen LogP contribution in [0.15, 0.2) is 59.5 Å². The Bertz CT molecular complexity index is 1100. The van der Waals surface area contributed by atoms with E-state index in [1.54, 1.807) is 54.6 Å². The molecule has 1 fully saturated rings. The van der Waals surface area contributed by atoms with Crippen molar-refractivity contribution in [3.8, 4) is 11.5 Å². The first-order chi connectivity index (χ1) is 12.9. The molecule has 3 aromatic carbocycles. The third-order valence-electron chi connectivity index (χ3n) is 5.19. The number of phenolic OH excluding ortho intramolecular Hbond substituents is 2. The van der Waals surface area contributed by atoms with Gasteiger partial charge in [-0.05, 0) is 60.9 Å². The van der Waals surface area contributed by atoms with Crippen LogP contribution in [0, 0.1) is 6.92 Å². The summed E-state index contributed by atoms with van der Waals surface area (Å²) in [6.07, 6.45) is 1.33. The van der Waals surface area contributed by atoms with Crippen LogP contribution in [0.5, 0.6) is 11.5 Å². The fraction of sp³-hybridized carbons (Fsp3) is 0.238. The highest BCUT2D eigenvalue weighted by atomic mass is 32.2. The summed E-state index contributed by atoms with van der Waals surface area (Å²) in [5.74, 6) is 0.129. The third kappa shape index (κ3) is 3.05. The van der Waals surface area contributed by atoms with Gasteiger partial charge in [-0.15, -0.1) is 0 Å². The molecule has 5 nitrogen and oxygen atoms in total. The SMILES string of the molecule is Cc1ccc(S(=O)(=O)N2CCCC2c2c(O)ccc3ccc(O)cc23)cc1. The highest BCUT2D eigenvalue weighted by Crippen LogP contribution is 2.43. The quantitative estimate of drug-likeness (QED) is 0.714. The largest absolute Gasteiger partial charge is 0.508 e. The monoisotopic (exact) mass is 383 g/mol. The van der Waals surface area contributed by atoms with Gasteiger partial charge in [0.15, 0.2) is 0 Å². The molecule has 0 aliphatic carbocycles. The first kappa shape index (κ1) is 17.8. The summed E-state index contributed by atoms with van der Waals surface area (Å²) < 4.78 is 27.9. The van der Waals surface area contributed by atoms with Crippen molar-refractivity contribution in [1.29, 1.82) is 0 Å². The van der Waals surface area contributed by atoms with Gasteiger partial charge in [-0.1, -0.05) is 29.8 Å². The number of aryl methyl sites for hydroxylation is 1. The lowest BCUT2D eigenvalue weighted by molar-refractivity contribution is 0.382. The van der Waals surface area contributed by atoms with Crippen molar-refractivity contribution >= 4 is 20.8 Å². The van der Waals surface area contributed by atoms with Gasteiger partial charge >= 0.3 is 0 Å². The Morgan fingerprint density at radius 2 is 1.70 bits per heavy atom. The lowest BCUT2D eigenvalue weighted by Crippen LogP contribution is -2.30. The summed E-state index contributed by atoms with van der Waals surface area (Å²) in [6, 6.07) is 14.6. The Morgan fingerprint density at radius 3 is 2.44 bits per heavy atom. The number of nitrogens with zero attached hydrogens (tertiary/aromatic N) is 1. The molecule has 27 heavy (non-hydrogen) atoms. The summed E-state index contributed by atoms with van der Waals surface area (Å²) in [5, 5.41) is 22.0. The van der Waals surface area contributed by atoms with E-state index >= 15 is 0 Å². The number of phenols is 2. The molecular weight excluding hydrogens is 362 g/mol. The summed E-state index contributed by atoms with van der Waals surface area (Å²) in [4.78, 5) is 0.252. The van der Waals surface area contributed by atoms with Crippen molar-refractivity contribution in [1.82, 2.24) is 4.31 Å². The molecule has 1 unspecified atom stereocenters. The molecule has 0 radical (unpaired) electrons. The smallest absolute Gasteiger partial charge is 0.243 e. The molecule has 140 valence electrons. The van der Waals surface area contributed by atoms with Gasteiger partial charge in [0, 0.05) is 12.1 Å². The molecule has 2 N–H and O–H groups in total. The van der Waals surface area contributed by atoms with Gasteiger partial charge in [0.05, 0.1) is 10.9 Å². The Hall–Kier alpha value is -2.57. The van der Waals surface area contributed by atoms with Crippen molar-refractivity contribution in [2.75, 3.05) is 6.54 Å². The lowest BCUT2D eigenvalue weighted by Gasteiger charge is -2.26. The predicted octanol–water partition coefficient (Wildman–Crippen LogP) is 4.09. The molecule has 1 atom stereocenters. The van der Waals surface area contributed by atoms with Gasteiger partial charge in [0.1, 0.15) is 11.5 Å². The van der Waals surface area contributed by atoms with Gasteiger partial charge in [-0.25, -0.2) is 8.42 Å². The van der Waals surface area contributed by atoms with Gasteiger partial charge < -0.3 is 10.2 Å². The molecule has 4 rings (SSSR count). The van der Waals surface area contributed by atoms with Crippen LogP contribution in [0.25, 0.3) is 10.8 Å². The maximum Gasteiger partial charge on any atom is 0.243 e. The molecule has 0 spiro atoms. The van der Waals surface area contributed by atoms with Gasteiger partial charge in [-0.3, -0.25) is 0 Å². The number of benzene rings is 3. The standard InChI is InChI=1S/C21H21NO4S/c1-14-4-9-17(10-5-14)27(25,26)22-12-2-3-19(22)21-18-13-16(23)8-6-15(18)7-11-20(21)24/h4-11,13,19,23-24H,2-3,12H2,1H3. The second-order valence-electron chi connectivity index (χ2n) is 6.99. The maximum atomic E-state index is 13.2. The van der Waals surface area contributed by atoms with E-state index in [4.69, 9.17) is 0 Å². The number of rotatable bonds is 3. The molecule has 1 heterocycles. The second-order valence-corrected chi connectivity index (χ2v) is 8.88. The van der Waals surface area contributed by atoms with Crippen LogP contribution in [0.4, 0.5) is 0 Å². The summed E-state index contributed by atoms with van der Waals surface area (Å²) in [7, 11) is -3.69. The fourth-order valence-corrected chi connectivity index (χ4v) is 5.50. The van der Waals surface area contributed by atoms with Crippen molar-refractivity contribution in [3.63, 3.8) is 0 Å². The topological polar surface area (TPSA) is 77.8 Å². The zero-order chi connectivity index (χ0) is 19.2. The van der Waals surface area contributed by atoms with E-state index in [-0.39, 0.29) is 16.4 Å². The molecule has 1 aliphatic rings. The Morgan fingerprint density at radius 1 is 1.00 bits per heavy atom. The molecule has 1 aliphatic heterocycles. The molecule has 0 aromatic heterocycles. The first-order valence-corrected chi connectivity index (χ1v) is 10.3. The lowest BCUT2D eigenvalue weighted by atomic mass is 9.96. The van der Waals surface area contributed by atoms with Crippen LogP contribution < -0.4 is 0 Å². The second kappa shape index (κ2) is 6.55.